The first-order chi connectivity index (χ1) is 9.72. The SMILES string of the molecule is COC(=O)C1(/C=C/B2OC(C)(C)C(C)(C)O2)CCCCC1. The van der Waals surface area contributed by atoms with Crippen molar-refractivity contribution in [2.24, 2.45) is 5.41 Å². The summed E-state index contributed by atoms with van der Waals surface area (Å²) in [5, 5.41) is 0. The maximum Gasteiger partial charge on any atom is 0.486 e. The molecule has 0 radical (unpaired) electrons. The summed E-state index contributed by atoms with van der Waals surface area (Å²) >= 11 is 0. The van der Waals surface area contributed by atoms with Crippen LogP contribution in [-0.2, 0) is 18.8 Å². The molecule has 1 aliphatic carbocycles. The van der Waals surface area contributed by atoms with Gasteiger partial charge in [0.1, 0.15) is 0 Å². The molecular weight excluding hydrogens is 267 g/mol. The largest absolute Gasteiger partial charge is 0.486 e. The fourth-order valence-electron chi connectivity index (χ4n) is 3.05. The number of ether oxygens (including phenoxy) is 1. The van der Waals surface area contributed by atoms with E-state index in [0.29, 0.717) is 0 Å². The number of rotatable bonds is 3. The third kappa shape index (κ3) is 3.19. The molecule has 0 spiro atoms. The molecule has 0 N–H and O–H groups in total. The van der Waals surface area contributed by atoms with Crippen LogP contribution in [-0.4, -0.2) is 31.4 Å². The van der Waals surface area contributed by atoms with E-state index in [9.17, 15) is 4.79 Å². The average molecular weight is 294 g/mol. The molecule has 0 aromatic carbocycles. The lowest BCUT2D eigenvalue weighted by Crippen LogP contribution is -2.41. The predicted molar refractivity (Wildman–Crippen MR) is 82.8 cm³/mol. The smallest absolute Gasteiger partial charge is 0.468 e. The fourth-order valence-corrected chi connectivity index (χ4v) is 3.05. The summed E-state index contributed by atoms with van der Waals surface area (Å²) in [4.78, 5) is 12.2. The maximum absolute atomic E-state index is 12.2. The van der Waals surface area contributed by atoms with Crippen molar-refractivity contribution in [2.45, 2.75) is 71.0 Å². The van der Waals surface area contributed by atoms with Crippen LogP contribution in [0.3, 0.4) is 0 Å². The Morgan fingerprint density at radius 2 is 1.57 bits per heavy atom. The van der Waals surface area contributed by atoms with Gasteiger partial charge >= 0.3 is 13.1 Å². The number of hydrogen-bond donors (Lipinski definition) is 0. The molecule has 1 heterocycles. The van der Waals surface area contributed by atoms with Crippen LogP contribution in [0.1, 0.15) is 59.8 Å². The van der Waals surface area contributed by atoms with Crippen LogP contribution >= 0.6 is 0 Å². The first kappa shape index (κ1) is 16.6. The number of carbonyl (C=O) groups is 1. The lowest BCUT2D eigenvalue weighted by Gasteiger charge is -2.32. The number of esters is 1. The van der Waals surface area contributed by atoms with Crippen molar-refractivity contribution in [3.8, 4) is 0 Å². The Bertz CT molecular complexity index is 406. The van der Waals surface area contributed by atoms with Gasteiger partial charge in [-0.1, -0.05) is 31.3 Å². The summed E-state index contributed by atoms with van der Waals surface area (Å²) in [7, 11) is 1.06. The van der Waals surface area contributed by atoms with Gasteiger partial charge in [0.05, 0.1) is 23.7 Å². The molecule has 0 aromatic heterocycles. The van der Waals surface area contributed by atoms with Crippen molar-refractivity contribution in [1.82, 2.24) is 0 Å². The lowest BCUT2D eigenvalue weighted by molar-refractivity contribution is -0.151. The summed E-state index contributed by atoms with van der Waals surface area (Å²) < 4.78 is 16.9. The van der Waals surface area contributed by atoms with Crippen LogP contribution in [0, 0.1) is 5.41 Å². The summed E-state index contributed by atoms with van der Waals surface area (Å²) in [6.45, 7) is 8.10. The van der Waals surface area contributed by atoms with E-state index in [2.05, 4.69) is 0 Å². The minimum absolute atomic E-state index is 0.144. The Balaban J connectivity index is 2.13. The third-order valence-corrected chi connectivity index (χ3v) is 5.18. The highest BCUT2D eigenvalue weighted by Crippen LogP contribution is 2.41. The maximum atomic E-state index is 12.2. The Labute approximate surface area is 128 Å². The van der Waals surface area contributed by atoms with Crippen molar-refractivity contribution in [3.63, 3.8) is 0 Å². The second kappa shape index (κ2) is 5.77. The summed E-state index contributed by atoms with van der Waals surface area (Å²) in [5.41, 5.74) is -1.21. The Morgan fingerprint density at radius 1 is 1.05 bits per heavy atom. The summed E-state index contributed by atoms with van der Waals surface area (Å²) in [6.07, 6.45) is 6.94. The van der Waals surface area contributed by atoms with Crippen molar-refractivity contribution >= 4 is 13.1 Å². The van der Waals surface area contributed by atoms with E-state index < -0.39 is 12.5 Å². The van der Waals surface area contributed by atoms with E-state index in [1.807, 2.05) is 39.7 Å². The van der Waals surface area contributed by atoms with Gasteiger partial charge in [0, 0.05) is 0 Å². The van der Waals surface area contributed by atoms with Gasteiger partial charge in [0.25, 0.3) is 0 Å². The van der Waals surface area contributed by atoms with Crippen LogP contribution in [0.15, 0.2) is 12.1 Å². The van der Waals surface area contributed by atoms with E-state index in [4.69, 9.17) is 14.0 Å². The second-order valence-corrected chi connectivity index (χ2v) is 7.19. The fraction of sp³-hybridized carbons (Fsp3) is 0.812. The van der Waals surface area contributed by atoms with Gasteiger partial charge in [-0.25, -0.2) is 0 Å². The molecule has 1 saturated carbocycles. The number of methoxy groups -OCH3 is 1. The lowest BCUT2D eigenvalue weighted by atomic mass is 9.71. The molecule has 0 bridgehead atoms. The molecule has 0 amide bonds. The summed E-state index contributed by atoms with van der Waals surface area (Å²) in [6, 6.07) is 0. The molecular formula is C16H27BO4. The van der Waals surface area contributed by atoms with Gasteiger partial charge < -0.3 is 14.0 Å². The molecule has 4 nitrogen and oxygen atoms in total. The highest BCUT2D eigenvalue weighted by atomic mass is 16.7. The molecule has 1 aliphatic heterocycles. The molecule has 0 unspecified atom stereocenters. The van der Waals surface area contributed by atoms with Crippen molar-refractivity contribution in [3.05, 3.63) is 12.1 Å². The zero-order valence-corrected chi connectivity index (χ0v) is 13.9. The Hall–Kier alpha value is -0.805. The molecule has 2 aliphatic rings. The molecule has 118 valence electrons. The van der Waals surface area contributed by atoms with Gasteiger partial charge in [0.15, 0.2) is 0 Å². The molecule has 0 atom stereocenters. The topological polar surface area (TPSA) is 44.8 Å². The Morgan fingerprint density at radius 3 is 2.05 bits per heavy atom. The first-order valence-electron chi connectivity index (χ1n) is 7.86. The third-order valence-electron chi connectivity index (χ3n) is 5.18. The predicted octanol–water partition coefficient (Wildman–Crippen LogP) is 3.30. The van der Waals surface area contributed by atoms with Gasteiger partial charge in [-0.3, -0.25) is 4.79 Å². The van der Waals surface area contributed by atoms with E-state index in [1.54, 1.807) is 0 Å². The molecule has 0 aromatic rings. The van der Waals surface area contributed by atoms with Crippen LogP contribution in [0.25, 0.3) is 0 Å². The van der Waals surface area contributed by atoms with E-state index >= 15 is 0 Å². The monoisotopic (exact) mass is 294 g/mol. The molecule has 21 heavy (non-hydrogen) atoms. The van der Waals surface area contributed by atoms with Crippen LogP contribution < -0.4 is 0 Å². The quantitative estimate of drug-likeness (QED) is 0.592. The molecule has 2 fully saturated rings. The standard InChI is InChI=1S/C16H27BO4/c1-14(2)15(3,4)21-17(20-14)12-11-16(13(18)19-5)9-7-6-8-10-16/h11-12H,6-10H2,1-5H3/b12-11+. The normalized spacial score (nSPS) is 27.0. The van der Waals surface area contributed by atoms with Crippen molar-refractivity contribution in [2.75, 3.05) is 7.11 Å². The van der Waals surface area contributed by atoms with E-state index in [0.717, 1.165) is 25.7 Å². The zero-order chi connectivity index (χ0) is 15.7. The number of carbonyl (C=O) groups excluding carboxylic acids is 1. The average Bonchev–Trinajstić information content (AvgIpc) is 2.65. The molecule has 5 heteroatoms. The Kier molecular flexibility index (Phi) is 4.55. The van der Waals surface area contributed by atoms with Crippen molar-refractivity contribution < 1.29 is 18.8 Å². The highest BCUT2D eigenvalue weighted by Gasteiger charge is 2.50. The second-order valence-electron chi connectivity index (χ2n) is 7.19. The van der Waals surface area contributed by atoms with Crippen LogP contribution in [0.4, 0.5) is 0 Å². The minimum Gasteiger partial charge on any atom is -0.468 e. The van der Waals surface area contributed by atoms with Gasteiger partial charge in [-0.2, -0.15) is 0 Å². The van der Waals surface area contributed by atoms with Gasteiger partial charge in [0.2, 0.25) is 0 Å². The molecule has 2 rings (SSSR count). The van der Waals surface area contributed by atoms with Crippen LogP contribution in [0.2, 0.25) is 0 Å². The van der Waals surface area contributed by atoms with E-state index in [1.165, 1.54) is 13.5 Å². The van der Waals surface area contributed by atoms with Crippen molar-refractivity contribution in [1.29, 1.82) is 0 Å². The minimum atomic E-state index is -0.503. The van der Waals surface area contributed by atoms with E-state index in [-0.39, 0.29) is 17.2 Å². The highest BCUT2D eigenvalue weighted by molar-refractivity contribution is 6.51. The van der Waals surface area contributed by atoms with Gasteiger partial charge in [-0.15, -0.1) is 0 Å². The summed E-state index contributed by atoms with van der Waals surface area (Å²) in [5.74, 6) is 1.74. The zero-order valence-electron chi connectivity index (χ0n) is 13.9. The molecule has 1 saturated heterocycles. The van der Waals surface area contributed by atoms with Gasteiger partial charge in [-0.05, 0) is 40.5 Å². The number of hydrogen-bond acceptors (Lipinski definition) is 4. The first-order valence-corrected chi connectivity index (χ1v) is 7.86. The van der Waals surface area contributed by atoms with Crippen LogP contribution in [0.5, 0.6) is 0 Å².